The van der Waals surface area contributed by atoms with Crippen molar-refractivity contribution in [2.45, 2.75) is 76.1 Å². The highest BCUT2D eigenvalue weighted by Gasteiger charge is 2.80. The first kappa shape index (κ1) is 15.6. The SMILES string of the molecule is CC12CCC(=O)C=C1C=CC1C3CC[C@@]4(CCC(=O)O4)C3(C)CC3OC312. The molecule has 2 spiro atoms. The van der Waals surface area contributed by atoms with Gasteiger partial charge in [-0.3, -0.25) is 9.59 Å². The Hall–Kier alpha value is -1.42. The topological polar surface area (TPSA) is 55.9 Å². The van der Waals surface area contributed by atoms with Gasteiger partial charge in [-0.25, -0.2) is 0 Å². The molecule has 4 heteroatoms. The molecule has 2 saturated heterocycles. The number of ether oxygens (including phenoxy) is 2. The van der Waals surface area contributed by atoms with Crippen LogP contribution in [-0.2, 0) is 19.1 Å². The highest BCUT2D eigenvalue weighted by Crippen LogP contribution is 2.76. The molecule has 138 valence electrons. The highest BCUT2D eigenvalue weighted by molar-refractivity contribution is 5.92. The second-order valence-electron chi connectivity index (χ2n) is 9.92. The fourth-order valence-electron chi connectivity index (χ4n) is 7.73. The third-order valence-electron chi connectivity index (χ3n) is 9.23. The van der Waals surface area contributed by atoms with Crippen LogP contribution in [-0.4, -0.2) is 29.1 Å². The maximum Gasteiger partial charge on any atom is 0.306 e. The molecule has 6 unspecified atom stereocenters. The number of allylic oxidation sites excluding steroid dienone is 2. The Labute approximate surface area is 154 Å². The summed E-state index contributed by atoms with van der Waals surface area (Å²) in [5.74, 6) is 1.06. The third kappa shape index (κ3) is 1.47. The zero-order chi connectivity index (χ0) is 17.9. The first-order valence-electron chi connectivity index (χ1n) is 10.2. The van der Waals surface area contributed by atoms with Crippen LogP contribution in [0.2, 0.25) is 0 Å². The summed E-state index contributed by atoms with van der Waals surface area (Å²) in [5, 5.41) is 0. The van der Waals surface area contributed by atoms with E-state index in [0.717, 1.165) is 37.7 Å². The Morgan fingerprint density at radius 3 is 2.73 bits per heavy atom. The lowest BCUT2D eigenvalue weighted by Gasteiger charge is -2.54. The molecular weight excluding hydrogens is 328 g/mol. The van der Waals surface area contributed by atoms with Gasteiger partial charge in [0, 0.05) is 29.6 Å². The third-order valence-corrected chi connectivity index (χ3v) is 9.23. The molecule has 0 radical (unpaired) electrons. The number of esters is 1. The molecule has 2 aliphatic heterocycles. The monoisotopic (exact) mass is 354 g/mol. The van der Waals surface area contributed by atoms with Gasteiger partial charge in [-0.05, 0) is 49.7 Å². The van der Waals surface area contributed by atoms with Crippen LogP contribution < -0.4 is 0 Å². The van der Waals surface area contributed by atoms with Gasteiger partial charge >= 0.3 is 5.97 Å². The van der Waals surface area contributed by atoms with Crippen LogP contribution in [0.4, 0.5) is 0 Å². The van der Waals surface area contributed by atoms with Crippen LogP contribution >= 0.6 is 0 Å². The van der Waals surface area contributed by atoms with Crippen molar-refractivity contribution < 1.29 is 19.1 Å². The zero-order valence-electron chi connectivity index (χ0n) is 15.5. The summed E-state index contributed by atoms with van der Waals surface area (Å²) in [6.07, 6.45) is 12.6. The fraction of sp³-hybridized carbons (Fsp3) is 0.727. The fourth-order valence-corrected chi connectivity index (χ4v) is 7.73. The van der Waals surface area contributed by atoms with E-state index in [9.17, 15) is 9.59 Å². The number of carbonyl (C=O) groups is 2. The molecule has 0 amide bonds. The summed E-state index contributed by atoms with van der Waals surface area (Å²) < 4.78 is 12.6. The molecule has 6 rings (SSSR count). The van der Waals surface area contributed by atoms with Crippen LogP contribution in [0.25, 0.3) is 0 Å². The lowest BCUT2D eigenvalue weighted by atomic mass is 9.47. The molecular formula is C22H26O4. The summed E-state index contributed by atoms with van der Waals surface area (Å²) >= 11 is 0. The Kier molecular flexibility index (Phi) is 2.61. The number of fused-ring (bicyclic) bond motifs is 4. The van der Waals surface area contributed by atoms with Crippen LogP contribution in [0.5, 0.6) is 0 Å². The summed E-state index contributed by atoms with van der Waals surface area (Å²) in [7, 11) is 0. The minimum atomic E-state index is -0.278. The number of hydrogen-bond donors (Lipinski definition) is 0. The number of ketones is 1. The second-order valence-corrected chi connectivity index (χ2v) is 9.92. The quantitative estimate of drug-likeness (QED) is 0.493. The molecule has 0 aromatic heterocycles. The smallest absolute Gasteiger partial charge is 0.306 e. The molecule has 26 heavy (non-hydrogen) atoms. The van der Waals surface area contributed by atoms with Crippen molar-refractivity contribution in [3.63, 3.8) is 0 Å². The van der Waals surface area contributed by atoms with Crippen molar-refractivity contribution in [3.8, 4) is 0 Å². The van der Waals surface area contributed by atoms with Gasteiger partial charge in [0.1, 0.15) is 11.2 Å². The Bertz CT molecular complexity index is 811. The van der Waals surface area contributed by atoms with E-state index in [1.807, 2.05) is 6.08 Å². The van der Waals surface area contributed by atoms with E-state index >= 15 is 0 Å². The van der Waals surface area contributed by atoms with Gasteiger partial charge in [0.25, 0.3) is 0 Å². The molecule has 4 nitrogen and oxygen atoms in total. The van der Waals surface area contributed by atoms with Crippen LogP contribution in [0.1, 0.15) is 58.8 Å². The molecule has 2 heterocycles. The molecule has 7 atom stereocenters. The van der Waals surface area contributed by atoms with Crippen molar-refractivity contribution in [1.82, 2.24) is 0 Å². The van der Waals surface area contributed by atoms with E-state index in [-0.39, 0.29) is 39.9 Å². The van der Waals surface area contributed by atoms with Gasteiger partial charge in [0.15, 0.2) is 5.78 Å². The summed E-state index contributed by atoms with van der Waals surface area (Å²) in [6.45, 7) is 4.66. The summed E-state index contributed by atoms with van der Waals surface area (Å²) in [6, 6.07) is 0. The molecule has 0 aromatic rings. The minimum Gasteiger partial charge on any atom is -0.458 e. The van der Waals surface area contributed by atoms with Crippen molar-refractivity contribution in [3.05, 3.63) is 23.8 Å². The van der Waals surface area contributed by atoms with E-state index in [4.69, 9.17) is 9.47 Å². The first-order chi connectivity index (χ1) is 12.3. The number of rotatable bonds is 0. The van der Waals surface area contributed by atoms with Gasteiger partial charge in [0.05, 0.1) is 6.10 Å². The summed E-state index contributed by atoms with van der Waals surface area (Å²) in [5.41, 5.74) is 0.679. The van der Waals surface area contributed by atoms with Crippen LogP contribution in [0.3, 0.4) is 0 Å². The highest BCUT2D eigenvalue weighted by atomic mass is 16.6. The number of epoxide rings is 1. The van der Waals surface area contributed by atoms with Crippen LogP contribution in [0.15, 0.2) is 23.8 Å². The second kappa shape index (κ2) is 4.35. The standard InChI is InChI=1S/C22H26O4/c1-19-8-5-14(23)11-13(19)3-4-16-15-6-9-21(10-7-18(24)26-21)20(15,2)12-17-22(16,19)25-17/h3-4,11,15-17H,5-10,12H2,1-2H3/t15?,16?,17?,19?,20?,21-,22?/m1/s1. The summed E-state index contributed by atoms with van der Waals surface area (Å²) in [4.78, 5) is 23.9. The van der Waals surface area contributed by atoms with E-state index in [1.54, 1.807) is 0 Å². The average molecular weight is 354 g/mol. The lowest BCUT2D eigenvalue weighted by Crippen LogP contribution is -2.58. The molecule has 4 fully saturated rings. The van der Waals surface area contributed by atoms with Gasteiger partial charge in [-0.2, -0.15) is 0 Å². The number of hydrogen-bond acceptors (Lipinski definition) is 4. The van der Waals surface area contributed by atoms with Gasteiger partial charge in [-0.15, -0.1) is 0 Å². The molecule has 4 aliphatic carbocycles. The van der Waals surface area contributed by atoms with Crippen molar-refractivity contribution in [2.75, 3.05) is 0 Å². The molecule has 0 aromatic carbocycles. The number of carbonyl (C=O) groups excluding carboxylic acids is 2. The van der Waals surface area contributed by atoms with E-state index < -0.39 is 0 Å². The van der Waals surface area contributed by atoms with E-state index in [2.05, 4.69) is 26.0 Å². The maximum atomic E-state index is 12.0. The van der Waals surface area contributed by atoms with E-state index in [0.29, 0.717) is 24.7 Å². The van der Waals surface area contributed by atoms with Crippen molar-refractivity contribution >= 4 is 11.8 Å². The largest absolute Gasteiger partial charge is 0.458 e. The molecule has 6 aliphatic rings. The van der Waals surface area contributed by atoms with Crippen molar-refractivity contribution in [1.29, 1.82) is 0 Å². The van der Waals surface area contributed by atoms with Crippen molar-refractivity contribution in [2.24, 2.45) is 22.7 Å². The Morgan fingerprint density at radius 2 is 1.96 bits per heavy atom. The average Bonchev–Trinajstić information content (AvgIpc) is 3.08. The predicted octanol–water partition coefficient (Wildman–Crippen LogP) is 3.50. The van der Waals surface area contributed by atoms with E-state index in [1.165, 1.54) is 0 Å². The Balaban J connectivity index is 1.46. The maximum absolute atomic E-state index is 12.0. The molecule has 0 bridgehead atoms. The predicted molar refractivity (Wildman–Crippen MR) is 94.2 cm³/mol. The Morgan fingerprint density at radius 1 is 1.12 bits per heavy atom. The van der Waals surface area contributed by atoms with Crippen LogP contribution in [0, 0.1) is 22.7 Å². The normalized spacial score (nSPS) is 56.4. The molecule has 0 N–H and O–H groups in total. The first-order valence-corrected chi connectivity index (χ1v) is 10.2. The van der Waals surface area contributed by atoms with Gasteiger partial charge in [-0.1, -0.05) is 26.0 Å². The van der Waals surface area contributed by atoms with Gasteiger partial charge in [0.2, 0.25) is 0 Å². The minimum absolute atomic E-state index is 0.000890. The van der Waals surface area contributed by atoms with Gasteiger partial charge < -0.3 is 9.47 Å². The zero-order valence-corrected chi connectivity index (χ0v) is 15.5. The lowest BCUT2D eigenvalue weighted by molar-refractivity contribution is -0.162. The molecule has 2 saturated carbocycles.